The Hall–Kier alpha value is -1.36. The summed E-state index contributed by atoms with van der Waals surface area (Å²) >= 11 is 0. The van der Waals surface area contributed by atoms with Crippen molar-refractivity contribution in [1.82, 2.24) is 10.3 Å². The number of nitrogens with one attached hydrogen (secondary N) is 1. The summed E-state index contributed by atoms with van der Waals surface area (Å²) in [5, 5.41) is 3.37. The number of anilines is 1. The van der Waals surface area contributed by atoms with Crippen molar-refractivity contribution in [3.63, 3.8) is 0 Å². The summed E-state index contributed by atoms with van der Waals surface area (Å²) in [6, 6.07) is 2.31. The Balaban J connectivity index is 2.32. The first-order chi connectivity index (χ1) is 8.13. The summed E-state index contributed by atoms with van der Waals surface area (Å²) in [5.41, 5.74) is 0.567. The normalized spacial score (nSPS) is 24.8. The van der Waals surface area contributed by atoms with Gasteiger partial charge in [0.15, 0.2) is 0 Å². The van der Waals surface area contributed by atoms with Crippen LogP contribution in [0.25, 0.3) is 0 Å². The van der Waals surface area contributed by atoms with E-state index in [1.54, 1.807) is 12.3 Å². The van der Waals surface area contributed by atoms with Gasteiger partial charge in [-0.15, -0.1) is 0 Å². The Bertz CT molecular complexity index is 399. The number of piperazine rings is 1. The molecule has 0 amide bonds. The summed E-state index contributed by atoms with van der Waals surface area (Å²) in [6.45, 7) is 5.80. The van der Waals surface area contributed by atoms with Crippen LogP contribution in [0.5, 0.6) is 5.88 Å². The highest BCUT2D eigenvalue weighted by atomic mass is 19.1. The highest BCUT2D eigenvalue weighted by Crippen LogP contribution is 2.27. The van der Waals surface area contributed by atoms with Crippen LogP contribution in [0, 0.1) is 5.82 Å². The average molecular weight is 239 g/mol. The summed E-state index contributed by atoms with van der Waals surface area (Å²) < 4.78 is 19.0. The number of ether oxygens (including phenoxy) is 1. The molecule has 5 heteroatoms. The van der Waals surface area contributed by atoms with E-state index < -0.39 is 0 Å². The molecule has 0 saturated carbocycles. The van der Waals surface area contributed by atoms with E-state index in [0.29, 0.717) is 11.7 Å². The lowest BCUT2D eigenvalue weighted by Gasteiger charge is -2.39. The molecule has 1 aliphatic heterocycles. The van der Waals surface area contributed by atoms with Gasteiger partial charge in [-0.25, -0.2) is 4.98 Å². The third kappa shape index (κ3) is 2.34. The lowest BCUT2D eigenvalue weighted by Crippen LogP contribution is -2.54. The second-order valence-electron chi connectivity index (χ2n) is 4.46. The lowest BCUT2D eigenvalue weighted by molar-refractivity contribution is 0.365. The second-order valence-corrected chi connectivity index (χ2v) is 4.46. The minimum Gasteiger partial charge on any atom is -0.479 e. The van der Waals surface area contributed by atoms with Crippen LogP contribution in [0.2, 0.25) is 0 Å². The number of nitrogens with zero attached hydrogens (tertiary/aromatic N) is 2. The molecule has 94 valence electrons. The van der Waals surface area contributed by atoms with Gasteiger partial charge in [-0.3, -0.25) is 0 Å². The lowest BCUT2D eigenvalue weighted by atomic mass is 10.1. The highest BCUT2D eigenvalue weighted by molar-refractivity contribution is 5.51. The Kier molecular flexibility index (Phi) is 3.47. The minimum atomic E-state index is -0.379. The van der Waals surface area contributed by atoms with Gasteiger partial charge in [-0.1, -0.05) is 0 Å². The van der Waals surface area contributed by atoms with Crippen LogP contribution < -0.4 is 15.0 Å². The molecule has 1 fully saturated rings. The molecule has 17 heavy (non-hydrogen) atoms. The smallest absolute Gasteiger partial charge is 0.252 e. The fraction of sp³-hybridized carbons (Fsp3) is 0.583. The molecule has 1 aromatic rings. The maximum absolute atomic E-state index is 14.1. The first-order valence-electron chi connectivity index (χ1n) is 5.82. The fourth-order valence-electron chi connectivity index (χ4n) is 2.14. The van der Waals surface area contributed by atoms with E-state index in [9.17, 15) is 4.39 Å². The number of hydrogen-bond donors (Lipinski definition) is 1. The van der Waals surface area contributed by atoms with Gasteiger partial charge in [0.1, 0.15) is 0 Å². The molecule has 1 aliphatic rings. The Morgan fingerprint density at radius 3 is 3.00 bits per heavy atom. The van der Waals surface area contributed by atoms with Gasteiger partial charge in [-0.05, 0) is 19.9 Å². The maximum atomic E-state index is 14.1. The van der Waals surface area contributed by atoms with E-state index in [-0.39, 0.29) is 17.7 Å². The van der Waals surface area contributed by atoms with Crippen LogP contribution in [-0.2, 0) is 0 Å². The number of pyridine rings is 1. The molecule has 2 unspecified atom stereocenters. The van der Waals surface area contributed by atoms with Gasteiger partial charge in [0, 0.05) is 31.4 Å². The average Bonchev–Trinajstić information content (AvgIpc) is 2.33. The quantitative estimate of drug-likeness (QED) is 0.847. The molecule has 4 nitrogen and oxygen atoms in total. The third-order valence-corrected chi connectivity index (χ3v) is 3.10. The fourth-order valence-corrected chi connectivity index (χ4v) is 2.14. The van der Waals surface area contributed by atoms with Crippen molar-refractivity contribution >= 4 is 5.69 Å². The number of halogens is 1. The summed E-state index contributed by atoms with van der Waals surface area (Å²) in [5.74, 6) is -0.322. The van der Waals surface area contributed by atoms with Crippen molar-refractivity contribution in [2.45, 2.75) is 25.9 Å². The molecule has 0 radical (unpaired) electrons. The van der Waals surface area contributed by atoms with Crippen LogP contribution in [0.1, 0.15) is 13.8 Å². The summed E-state index contributed by atoms with van der Waals surface area (Å²) in [7, 11) is 1.43. The number of rotatable bonds is 2. The zero-order valence-electron chi connectivity index (χ0n) is 10.4. The Labute approximate surface area is 101 Å². The van der Waals surface area contributed by atoms with Crippen LogP contribution in [0.15, 0.2) is 12.3 Å². The van der Waals surface area contributed by atoms with E-state index in [1.165, 1.54) is 7.11 Å². The Morgan fingerprint density at radius 1 is 1.53 bits per heavy atom. The Morgan fingerprint density at radius 2 is 2.29 bits per heavy atom. The molecule has 0 aromatic carbocycles. The molecule has 1 N–H and O–H groups in total. The van der Waals surface area contributed by atoms with Crippen molar-refractivity contribution in [2.75, 3.05) is 25.1 Å². The summed E-state index contributed by atoms with van der Waals surface area (Å²) in [4.78, 5) is 5.91. The zero-order valence-corrected chi connectivity index (χ0v) is 10.4. The molecule has 0 bridgehead atoms. The van der Waals surface area contributed by atoms with Gasteiger partial charge < -0.3 is 15.0 Å². The molecule has 2 heterocycles. The van der Waals surface area contributed by atoms with Crippen LogP contribution in [0.4, 0.5) is 10.1 Å². The molecule has 0 aliphatic carbocycles. The van der Waals surface area contributed by atoms with Gasteiger partial charge in [0.05, 0.1) is 12.8 Å². The van der Waals surface area contributed by atoms with Gasteiger partial charge in [0.25, 0.3) is 5.88 Å². The predicted octanol–water partition coefficient (Wildman–Crippen LogP) is 1.42. The van der Waals surface area contributed by atoms with Crippen molar-refractivity contribution < 1.29 is 9.13 Å². The maximum Gasteiger partial charge on any atom is 0.252 e. The molecule has 0 spiro atoms. The van der Waals surface area contributed by atoms with E-state index in [0.717, 1.165) is 13.1 Å². The largest absolute Gasteiger partial charge is 0.479 e. The van der Waals surface area contributed by atoms with Crippen LogP contribution in [0.3, 0.4) is 0 Å². The van der Waals surface area contributed by atoms with Crippen molar-refractivity contribution in [2.24, 2.45) is 0 Å². The van der Waals surface area contributed by atoms with Crippen molar-refractivity contribution in [1.29, 1.82) is 0 Å². The second kappa shape index (κ2) is 4.87. The monoisotopic (exact) mass is 239 g/mol. The number of aromatic nitrogens is 1. The first kappa shape index (κ1) is 12.1. The van der Waals surface area contributed by atoms with E-state index in [1.807, 2.05) is 0 Å². The standard InChI is InChI=1S/C12H18FN3O/c1-8-7-16(9(2)6-15-8)10-4-5-14-12(17-3)11(10)13/h4-5,8-9,15H,6-7H2,1-3H3. The van der Waals surface area contributed by atoms with Crippen molar-refractivity contribution in [3.8, 4) is 5.88 Å². The van der Waals surface area contributed by atoms with Crippen LogP contribution in [-0.4, -0.2) is 37.3 Å². The van der Waals surface area contributed by atoms with E-state index >= 15 is 0 Å². The summed E-state index contributed by atoms with van der Waals surface area (Å²) in [6.07, 6.45) is 1.58. The number of hydrogen-bond acceptors (Lipinski definition) is 4. The van der Waals surface area contributed by atoms with Gasteiger partial charge in [-0.2, -0.15) is 4.39 Å². The SMILES string of the molecule is COc1nccc(N2CC(C)NCC2C)c1F. The zero-order chi connectivity index (χ0) is 12.4. The molecule has 2 atom stereocenters. The molecule has 1 aromatic heterocycles. The minimum absolute atomic E-state index is 0.0564. The molecule has 1 saturated heterocycles. The molecular weight excluding hydrogens is 221 g/mol. The van der Waals surface area contributed by atoms with Crippen molar-refractivity contribution in [3.05, 3.63) is 18.1 Å². The molecule has 2 rings (SSSR count). The highest BCUT2D eigenvalue weighted by Gasteiger charge is 2.26. The van der Waals surface area contributed by atoms with Gasteiger partial charge in [0.2, 0.25) is 5.82 Å². The first-order valence-corrected chi connectivity index (χ1v) is 5.82. The van der Waals surface area contributed by atoms with Gasteiger partial charge >= 0.3 is 0 Å². The third-order valence-electron chi connectivity index (χ3n) is 3.10. The predicted molar refractivity (Wildman–Crippen MR) is 65.0 cm³/mol. The molecular formula is C12H18FN3O. The number of methoxy groups -OCH3 is 1. The van der Waals surface area contributed by atoms with E-state index in [4.69, 9.17) is 4.74 Å². The van der Waals surface area contributed by atoms with Crippen LogP contribution >= 0.6 is 0 Å². The van der Waals surface area contributed by atoms with E-state index in [2.05, 4.69) is 29.0 Å². The topological polar surface area (TPSA) is 37.4 Å².